The molecule has 4 amide bonds. The standard InChI is InChI=1S/C26H20N4O4/c1-27-21-14-13-17(16-22(21)28(2)25(27)33)15-20-23(31)29(18-9-5-3-6-10-18)26(34)30(24(20)32)19-11-7-4-8-12-19/h3-16H,1-2H3. The van der Waals surface area contributed by atoms with Gasteiger partial charge in [0.1, 0.15) is 5.57 Å². The average molecular weight is 452 g/mol. The quantitative estimate of drug-likeness (QED) is 0.352. The van der Waals surface area contributed by atoms with E-state index < -0.39 is 17.8 Å². The van der Waals surface area contributed by atoms with E-state index in [1.54, 1.807) is 93.0 Å². The van der Waals surface area contributed by atoms with Crippen LogP contribution in [0.2, 0.25) is 0 Å². The molecule has 0 unspecified atom stereocenters. The third kappa shape index (κ3) is 3.24. The summed E-state index contributed by atoms with van der Waals surface area (Å²) in [4.78, 5) is 54.5. The van der Waals surface area contributed by atoms with Crippen molar-refractivity contribution in [1.29, 1.82) is 0 Å². The molecule has 5 rings (SSSR count). The number of para-hydroxylation sites is 2. The molecular weight excluding hydrogens is 432 g/mol. The Morgan fingerprint density at radius 1 is 0.618 bits per heavy atom. The summed E-state index contributed by atoms with van der Waals surface area (Å²) in [7, 11) is 3.34. The van der Waals surface area contributed by atoms with Gasteiger partial charge in [0.2, 0.25) is 0 Å². The molecule has 168 valence electrons. The van der Waals surface area contributed by atoms with Crippen molar-refractivity contribution < 1.29 is 14.4 Å². The van der Waals surface area contributed by atoms with Crippen molar-refractivity contribution in [2.24, 2.45) is 14.1 Å². The van der Waals surface area contributed by atoms with Crippen LogP contribution < -0.4 is 15.5 Å². The molecule has 8 nitrogen and oxygen atoms in total. The lowest BCUT2D eigenvalue weighted by Gasteiger charge is -2.33. The van der Waals surface area contributed by atoms with Gasteiger partial charge < -0.3 is 0 Å². The summed E-state index contributed by atoms with van der Waals surface area (Å²) < 4.78 is 3.02. The number of benzene rings is 3. The predicted octanol–water partition coefficient (Wildman–Crippen LogP) is 3.46. The monoisotopic (exact) mass is 452 g/mol. The van der Waals surface area contributed by atoms with Crippen LogP contribution in [0.1, 0.15) is 5.56 Å². The number of urea groups is 1. The largest absolute Gasteiger partial charge is 0.343 e. The van der Waals surface area contributed by atoms with Gasteiger partial charge in [0.05, 0.1) is 22.4 Å². The summed E-state index contributed by atoms with van der Waals surface area (Å²) in [5, 5.41) is 0. The van der Waals surface area contributed by atoms with Crippen molar-refractivity contribution in [3.63, 3.8) is 0 Å². The zero-order valence-electron chi connectivity index (χ0n) is 18.5. The molecular formula is C26H20N4O4. The number of imidazole rings is 1. The van der Waals surface area contributed by atoms with E-state index >= 15 is 0 Å². The number of aromatic nitrogens is 2. The molecule has 34 heavy (non-hydrogen) atoms. The summed E-state index contributed by atoms with van der Waals surface area (Å²) in [6.45, 7) is 0. The zero-order valence-corrected chi connectivity index (χ0v) is 18.5. The Morgan fingerprint density at radius 2 is 1.12 bits per heavy atom. The van der Waals surface area contributed by atoms with Gasteiger partial charge in [-0.3, -0.25) is 18.7 Å². The fraction of sp³-hybridized carbons (Fsp3) is 0.0769. The number of hydrogen-bond acceptors (Lipinski definition) is 4. The lowest BCUT2D eigenvalue weighted by molar-refractivity contribution is -0.121. The number of rotatable bonds is 3. The molecule has 0 atom stereocenters. The Labute approximate surface area is 194 Å². The average Bonchev–Trinajstić information content (AvgIpc) is 3.07. The first-order valence-corrected chi connectivity index (χ1v) is 10.6. The Balaban J connectivity index is 1.68. The third-order valence-electron chi connectivity index (χ3n) is 5.89. The van der Waals surface area contributed by atoms with Crippen molar-refractivity contribution in [2.75, 3.05) is 9.80 Å². The molecule has 1 aliphatic rings. The summed E-state index contributed by atoms with van der Waals surface area (Å²) in [6.07, 6.45) is 1.46. The molecule has 1 fully saturated rings. The predicted molar refractivity (Wildman–Crippen MR) is 129 cm³/mol. The van der Waals surface area contributed by atoms with Crippen molar-refractivity contribution in [3.05, 3.63) is 100 Å². The first-order valence-electron chi connectivity index (χ1n) is 10.6. The van der Waals surface area contributed by atoms with Crippen molar-refractivity contribution >= 4 is 46.3 Å². The van der Waals surface area contributed by atoms with Crippen LogP contribution in [-0.4, -0.2) is 27.0 Å². The van der Waals surface area contributed by atoms with Gasteiger partial charge in [-0.05, 0) is 48.0 Å². The summed E-state index contributed by atoms with van der Waals surface area (Å²) in [6, 6.07) is 21.4. The van der Waals surface area contributed by atoms with Crippen molar-refractivity contribution in [2.45, 2.75) is 0 Å². The molecule has 0 spiro atoms. The lowest BCUT2D eigenvalue weighted by atomic mass is 10.0. The molecule has 3 aromatic carbocycles. The highest BCUT2D eigenvalue weighted by molar-refractivity contribution is 6.46. The molecule has 2 heterocycles. The Morgan fingerprint density at radius 3 is 1.65 bits per heavy atom. The SMILES string of the molecule is Cn1c(=O)n(C)c2cc(C=C3C(=O)N(c4ccccc4)C(=O)N(c4ccccc4)C3=O)ccc21. The third-order valence-corrected chi connectivity index (χ3v) is 5.89. The summed E-state index contributed by atoms with van der Waals surface area (Å²) in [5.74, 6) is -1.43. The van der Waals surface area contributed by atoms with Crippen LogP contribution >= 0.6 is 0 Å². The fourth-order valence-corrected chi connectivity index (χ4v) is 4.12. The van der Waals surface area contributed by atoms with E-state index in [9.17, 15) is 19.2 Å². The Kier molecular flexibility index (Phi) is 4.98. The number of imide groups is 2. The van der Waals surface area contributed by atoms with E-state index in [-0.39, 0.29) is 11.3 Å². The second-order valence-corrected chi connectivity index (χ2v) is 7.94. The zero-order chi connectivity index (χ0) is 24.0. The highest BCUT2D eigenvalue weighted by Gasteiger charge is 2.43. The molecule has 0 saturated carbocycles. The molecule has 1 saturated heterocycles. The van der Waals surface area contributed by atoms with Gasteiger partial charge in [-0.15, -0.1) is 0 Å². The Hall–Kier alpha value is -4.72. The van der Waals surface area contributed by atoms with Crippen LogP contribution in [0.3, 0.4) is 0 Å². The van der Waals surface area contributed by atoms with Crippen LogP contribution in [0.5, 0.6) is 0 Å². The number of carbonyl (C=O) groups is 3. The molecule has 1 aromatic heterocycles. The molecule has 0 N–H and O–H groups in total. The summed E-state index contributed by atoms with van der Waals surface area (Å²) in [5.41, 5.74) is 2.32. The number of hydrogen-bond donors (Lipinski definition) is 0. The number of barbiturate groups is 1. The molecule has 0 radical (unpaired) electrons. The molecule has 8 heteroatoms. The van der Waals surface area contributed by atoms with Crippen molar-refractivity contribution in [1.82, 2.24) is 9.13 Å². The van der Waals surface area contributed by atoms with Crippen LogP contribution in [-0.2, 0) is 23.7 Å². The first kappa shape index (κ1) is 21.1. The lowest BCUT2D eigenvalue weighted by Crippen LogP contribution is -2.57. The highest BCUT2D eigenvalue weighted by Crippen LogP contribution is 2.29. The second-order valence-electron chi connectivity index (χ2n) is 7.94. The fourth-order valence-electron chi connectivity index (χ4n) is 4.12. The summed E-state index contributed by atoms with van der Waals surface area (Å²) >= 11 is 0. The normalized spacial score (nSPS) is 14.3. The number of nitrogens with zero attached hydrogens (tertiary/aromatic N) is 4. The molecule has 0 aliphatic carbocycles. The number of fused-ring (bicyclic) bond motifs is 1. The highest BCUT2D eigenvalue weighted by atomic mass is 16.2. The van der Waals surface area contributed by atoms with Gasteiger partial charge in [-0.25, -0.2) is 19.4 Å². The van der Waals surface area contributed by atoms with E-state index in [4.69, 9.17) is 0 Å². The molecule has 1 aliphatic heterocycles. The first-order chi connectivity index (χ1) is 16.4. The van der Waals surface area contributed by atoms with Crippen LogP contribution in [0.25, 0.3) is 17.1 Å². The van der Waals surface area contributed by atoms with Gasteiger partial charge >= 0.3 is 11.7 Å². The number of aryl methyl sites for hydroxylation is 2. The van der Waals surface area contributed by atoms with E-state index in [0.29, 0.717) is 22.5 Å². The van der Waals surface area contributed by atoms with Crippen LogP contribution in [0.15, 0.2) is 89.2 Å². The van der Waals surface area contributed by atoms with Crippen molar-refractivity contribution in [3.8, 4) is 0 Å². The van der Waals surface area contributed by atoms with E-state index in [0.717, 1.165) is 15.3 Å². The number of amides is 4. The second kappa shape index (κ2) is 8.00. The minimum absolute atomic E-state index is 0.160. The number of carbonyl (C=O) groups excluding carboxylic acids is 3. The Bertz CT molecular complexity index is 1480. The minimum Gasteiger partial charge on any atom is -0.295 e. The maximum atomic E-state index is 13.4. The van der Waals surface area contributed by atoms with E-state index in [2.05, 4.69) is 0 Å². The number of anilines is 2. The minimum atomic E-state index is -0.745. The topological polar surface area (TPSA) is 84.6 Å². The molecule has 4 aromatic rings. The molecule has 0 bridgehead atoms. The maximum absolute atomic E-state index is 13.4. The van der Waals surface area contributed by atoms with Gasteiger partial charge in [0, 0.05) is 14.1 Å². The van der Waals surface area contributed by atoms with E-state index in [1.807, 2.05) is 0 Å². The van der Waals surface area contributed by atoms with Gasteiger partial charge in [0.15, 0.2) is 0 Å². The van der Waals surface area contributed by atoms with Crippen LogP contribution in [0.4, 0.5) is 16.2 Å². The van der Waals surface area contributed by atoms with Gasteiger partial charge in [0.25, 0.3) is 11.8 Å². The smallest absolute Gasteiger partial charge is 0.295 e. The van der Waals surface area contributed by atoms with Crippen LogP contribution in [0, 0.1) is 0 Å². The van der Waals surface area contributed by atoms with Gasteiger partial charge in [-0.2, -0.15) is 0 Å². The van der Waals surface area contributed by atoms with E-state index in [1.165, 1.54) is 15.2 Å². The maximum Gasteiger partial charge on any atom is 0.343 e. The van der Waals surface area contributed by atoms with Gasteiger partial charge in [-0.1, -0.05) is 42.5 Å².